The van der Waals surface area contributed by atoms with E-state index in [4.69, 9.17) is 14.6 Å². The number of rotatable bonds is 15. The lowest BCUT2D eigenvalue weighted by molar-refractivity contribution is -0.144. The molecule has 0 bridgehead atoms. The number of hydrogen-bond donors (Lipinski definition) is 1. The molecule has 0 radical (unpaired) electrons. The summed E-state index contributed by atoms with van der Waals surface area (Å²) in [6.07, 6.45) is 8.52. The summed E-state index contributed by atoms with van der Waals surface area (Å²) >= 11 is 0. The van der Waals surface area contributed by atoms with E-state index in [0.717, 1.165) is 44.6 Å². The average Bonchev–Trinajstić information content (AvgIpc) is 2.52. The molecule has 6 nitrogen and oxygen atoms in total. The third-order valence-corrected chi connectivity index (χ3v) is 3.23. The van der Waals surface area contributed by atoms with E-state index in [0.29, 0.717) is 32.5 Å². The predicted molar refractivity (Wildman–Crippen MR) is 85.9 cm³/mol. The number of aliphatic carboxylic acids is 1. The lowest BCUT2D eigenvalue weighted by atomic mass is 10.1. The van der Waals surface area contributed by atoms with Crippen molar-refractivity contribution < 1.29 is 29.0 Å². The lowest BCUT2D eigenvalue weighted by Crippen LogP contribution is -2.07. The van der Waals surface area contributed by atoms with E-state index in [9.17, 15) is 14.4 Å². The van der Waals surface area contributed by atoms with Crippen LogP contribution in [-0.4, -0.2) is 36.2 Å². The Morgan fingerprint density at radius 3 is 1.87 bits per heavy atom. The standard InChI is InChI=1S/C17H28O6/c1-2-16(20)22-13-9-10-14-23-17(21)12-8-6-4-3-5-7-11-15(18)19/h2H,1,3-14H2,(H,18,19). The van der Waals surface area contributed by atoms with Crippen molar-refractivity contribution in [1.29, 1.82) is 0 Å². The second kappa shape index (κ2) is 15.1. The maximum Gasteiger partial charge on any atom is 0.330 e. The zero-order chi connectivity index (χ0) is 17.3. The van der Waals surface area contributed by atoms with Crippen molar-refractivity contribution in [1.82, 2.24) is 0 Å². The number of carbonyl (C=O) groups excluding carboxylic acids is 2. The number of ether oxygens (including phenoxy) is 2. The molecule has 0 aliphatic carbocycles. The fourth-order valence-corrected chi connectivity index (χ4v) is 1.95. The number of carboxylic acids is 1. The van der Waals surface area contributed by atoms with E-state index >= 15 is 0 Å². The van der Waals surface area contributed by atoms with Gasteiger partial charge in [0.05, 0.1) is 13.2 Å². The van der Waals surface area contributed by atoms with Crippen molar-refractivity contribution >= 4 is 17.9 Å². The number of hydrogen-bond acceptors (Lipinski definition) is 5. The van der Waals surface area contributed by atoms with Crippen molar-refractivity contribution in [3.63, 3.8) is 0 Å². The van der Waals surface area contributed by atoms with Crippen molar-refractivity contribution in [3.05, 3.63) is 12.7 Å². The highest BCUT2D eigenvalue weighted by Gasteiger charge is 2.03. The Balaban J connectivity index is 3.26. The highest BCUT2D eigenvalue weighted by molar-refractivity contribution is 5.81. The molecule has 0 aromatic heterocycles. The molecule has 0 unspecified atom stereocenters. The summed E-state index contributed by atoms with van der Waals surface area (Å²) in [4.78, 5) is 32.5. The Hall–Kier alpha value is -1.85. The van der Waals surface area contributed by atoms with Gasteiger partial charge < -0.3 is 14.6 Å². The smallest absolute Gasteiger partial charge is 0.330 e. The van der Waals surface area contributed by atoms with Crippen LogP contribution in [0.2, 0.25) is 0 Å². The molecule has 0 atom stereocenters. The van der Waals surface area contributed by atoms with Gasteiger partial charge in [-0.2, -0.15) is 0 Å². The van der Waals surface area contributed by atoms with Crippen LogP contribution in [0, 0.1) is 0 Å². The monoisotopic (exact) mass is 328 g/mol. The third kappa shape index (κ3) is 16.3. The zero-order valence-electron chi connectivity index (χ0n) is 13.8. The highest BCUT2D eigenvalue weighted by Crippen LogP contribution is 2.09. The first kappa shape index (κ1) is 21.1. The van der Waals surface area contributed by atoms with Crippen LogP contribution in [0.5, 0.6) is 0 Å². The molecule has 0 heterocycles. The molecule has 0 fully saturated rings. The van der Waals surface area contributed by atoms with Gasteiger partial charge in [0.1, 0.15) is 0 Å². The molecule has 0 aromatic carbocycles. The Morgan fingerprint density at radius 1 is 0.783 bits per heavy atom. The van der Waals surface area contributed by atoms with E-state index in [1.165, 1.54) is 0 Å². The van der Waals surface area contributed by atoms with Gasteiger partial charge in [0.25, 0.3) is 0 Å². The van der Waals surface area contributed by atoms with Gasteiger partial charge in [0, 0.05) is 18.9 Å². The van der Waals surface area contributed by atoms with Crippen LogP contribution in [0.4, 0.5) is 0 Å². The molecule has 0 spiro atoms. The fraction of sp³-hybridized carbons (Fsp3) is 0.706. The van der Waals surface area contributed by atoms with E-state index in [1.54, 1.807) is 0 Å². The molecule has 1 N–H and O–H groups in total. The van der Waals surface area contributed by atoms with E-state index in [-0.39, 0.29) is 12.4 Å². The minimum Gasteiger partial charge on any atom is -0.481 e. The minimum absolute atomic E-state index is 0.195. The maximum atomic E-state index is 11.5. The topological polar surface area (TPSA) is 89.9 Å². The SMILES string of the molecule is C=CC(=O)OCCCCOC(=O)CCCCCCCCC(=O)O. The van der Waals surface area contributed by atoms with Crippen LogP contribution in [0.1, 0.15) is 64.2 Å². The molecule has 0 saturated heterocycles. The summed E-state index contributed by atoms with van der Waals surface area (Å²) in [5, 5.41) is 8.49. The zero-order valence-corrected chi connectivity index (χ0v) is 13.8. The molecule has 0 amide bonds. The molecule has 0 rings (SSSR count). The lowest BCUT2D eigenvalue weighted by Gasteiger charge is -2.05. The quantitative estimate of drug-likeness (QED) is 0.282. The van der Waals surface area contributed by atoms with Crippen molar-refractivity contribution in [2.24, 2.45) is 0 Å². The maximum absolute atomic E-state index is 11.5. The molecule has 0 aliphatic heterocycles. The molecule has 0 aliphatic rings. The fourth-order valence-electron chi connectivity index (χ4n) is 1.95. The summed E-state index contributed by atoms with van der Waals surface area (Å²) in [6.45, 7) is 3.95. The van der Waals surface area contributed by atoms with Crippen molar-refractivity contribution in [2.75, 3.05) is 13.2 Å². The Kier molecular flexibility index (Phi) is 13.8. The molecule has 132 valence electrons. The van der Waals surface area contributed by atoms with Gasteiger partial charge in [-0.1, -0.05) is 32.3 Å². The summed E-state index contributed by atoms with van der Waals surface area (Å²) in [5.74, 6) is -1.38. The molecule has 6 heteroatoms. The first-order valence-corrected chi connectivity index (χ1v) is 8.23. The minimum atomic E-state index is -0.744. The van der Waals surface area contributed by atoms with Crippen LogP contribution in [-0.2, 0) is 23.9 Å². The van der Waals surface area contributed by atoms with Crippen LogP contribution in [0.3, 0.4) is 0 Å². The molecular formula is C17H28O6. The van der Waals surface area contributed by atoms with E-state index in [1.807, 2.05) is 0 Å². The van der Waals surface area contributed by atoms with Gasteiger partial charge >= 0.3 is 17.9 Å². The van der Waals surface area contributed by atoms with Gasteiger partial charge in [-0.05, 0) is 25.7 Å². The van der Waals surface area contributed by atoms with Gasteiger partial charge in [0.2, 0.25) is 0 Å². The van der Waals surface area contributed by atoms with Crippen LogP contribution < -0.4 is 0 Å². The summed E-state index contributed by atoms with van der Waals surface area (Å²) in [7, 11) is 0. The third-order valence-electron chi connectivity index (χ3n) is 3.23. The molecule has 0 saturated carbocycles. The first-order chi connectivity index (χ1) is 11.1. The molecular weight excluding hydrogens is 300 g/mol. The Bertz CT molecular complexity index is 364. The molecule has 0 aromatic rings. The Labute approximate surface area is 137 Å². The number of esters is 2. The number of unbranched alkanes of at least 4 members (excludes halogenated alkanes) is 6. The second-order valence-corrected chi connectivity index (χ2v) is 5.31. The predicted octanol–water partition coefficient (Wildman–Crippen LogP) is 3.24. The summed E-state index contributed by atoms with van der Waals surface area (Å²) in [5.41, 5.74) is 0. The van der Waals surface area contributed by atoms with E-state index < -0.39 is 11.9 Å². The van der Waals surface area contributed by atoms with Gasteiger partial charge in [0.15, 0.2) is 0 Å². The Morgan fingerprint density at radius 2 is 1.30 bits per heavy atom. The van der Waals surface area contributed by atoms with Crippen molar-refractivity contribution in [2.45, 2.75) is 64.2 Å². The summed E-state index contributed by atoms with van der Waals surface area (Å²) in [6, 6.07) is 0. The number of carbonyl (C=O) groups is 3. The van der Waals surface area contributed by atoms with Gasteiger partial charge in [-0.15, -0.1) is 0 Å². The number of carboxylic acid groups (broad SMARTS) is 1. The van der Waals surface area contributed by atoms with Crippen molar-refractivity contribution in [3.8, 4) is 0 Å². The van der Waals surface area contributed by atoms with Gasteiger partial charge in [-0.25, -0.2) is 4.79 Å². The largest absolute Gasteiger partial charge is 0.481 e. The van der Waals surface area contributed by atoms with Crippen LogP contribution in [0.25, 0.3) is 0 Å². The summed E-state index contributed by atoms with van der Waals surface area (Å²) < 4.78 is 9.88. The second-order valence-electron chi connectivity index (χ2n) is 5.31. The molecule has 23 heavy (non-hydrogen) atoms. The van der Waals surface area contributed by atoms with Gasteiger partial charge in [-0.3, -0.25) is 9.59 Å². The van der Waals surface area contributed by atoms with E-state index in [2.05, 4.69) is 6.58 Å². The van der Waals surface area contributed by atoms with Crippen LogP contribution in [0.15, 0.2) is 12.7 Å². The average molecular weight is 328 g/mol. The normalized spacial score (nSPS) is 10.1. The first-order valence-electron chi connectivity index (χ1n) is 8.23. The van der Waals surface area contributed by atoms with Crippen LogP contribution >= 0.6 is 0 Å². The highest BCUT2D eigenvalue weighted by atomic mass is 16.5.